The van der Waals surface area contributed by atoms with Gasteiger partial charge in [-0.15, -0.1) is 0 Å². The van der Waals surface area contributed by atoms with Gasteiger partial charge >= 0.3 is 17.9 Å². The monoisotopic (exact) mass is 1010 g/mol. The van der Waals surface area contributed by atoms with Crippen molar-refractivity contribution in [2.45, 2.75) is 297 Å². The van der Waals surface area contributed by atoms with Gasteiger partial charge in [0.2, 0.25) is 0 Å². The first-order chi connectivity index (χ1) is 36.0. The molecule has 0 aliphatic heterocycles. The number of ether oxygens (including phenoxy) is 3. The molecule has 1 atom stereocenters. The van der Waals surface area contributed by atoms with Crippen molar-refractivity contribution in [3.63, 3.8) is 0 Å². The highest BCUT2D eigenvalue weighted by molar-refractivity contribution is 5.71. The summed E-state index contributed by atoms with van der Waals surface area (Å²) in [5, 5.41) is 0. The van der Waals surface area contributed by atoms with Gasteiger partial charge in [0.1, 0.15) is 13.2 Å². The average molecular weight is 1020 g/mol. The van der Waals surface area contributed by atoms with E-state index in [9.17, 15) is 14.4 Å². The number of hydrogen-bond donors (Lipinski definition) is 0. The third-order valence-corrected chi connectivity index (χ3v) is 13.1. The Morgan fingerprint density at radius 1 is 0.288 bits per heavy atom. The lowest BCUT2D eigenvalue weighted by molar-refractivity contribution is -0.167. The zero-order chi connectivity index (χ0) is 52.9. The first kappa shape index (κ1) is 69.3. The summed E-state index contributed by atoms with van der Waals surface area (Å²) < 4.78 is 16.8. The standard InChI is InChI=1S/C67H114O6/c1-4-7-10-13-16-19-21-23-25-26-27-28-29-30-31-32-33-34-35-36-37-38-39-40-42-43-45-48-51-54-57-60-66(69)72-63-64(62-71-65(68)59-56-53-50-47-18-15-12-9-6-3)73-67(70)61-58-55-52-49-46-44-41-24-22-20-17-14-11-8-5-2/h7,10,16,19,23,25,27-28,30-31,33-34,36-37,39-40,64H,4-6,8-9,11-15,17-18,20-22,24,26,29,32,35,38,41-63H2,1-3H3/b10-7-,19-16-,25-23-,28-27-,31-30-,34-33-,37-36-,40-39-. The van der Waals surface area contributed by atoms with Crippen molar-refractivity contribution < 1.29 is 28.6 Å². The molecular formula is C67H114O6. The summed E-state index contributed by atoms with van der Waals surface area (Å²) in [5.41, 5.74) is 0. The minimum Gasteiger partial charge on any atom is -0.462 e. The van der Waals surface area contributed by atoms with Crippen LogP contribution < -0.4 is 0 Å². The molecule has 0 aromatic heterocycles. The molecule has 0 radical (unpaired) electrons. The second-order valence-electron chi connectivity index (χ2n) is 20.2. The number of allylic oxidation sites excluding steroid dienone is 16. The largest absolute Gasteiger partial charge is 0.462 e. The summed E-state index contributed by atoms with van der Waals surface area (Å²) in [6.07, 6.45) is 81.3. The van der Waals surface area contributed by atoms with Crippen LogP contribution in [0.4, 0.5) is 0 Å². The molecule has 0 aromatic rings. The molecule has 0 rings (SSSR count). The third kappa shape index (κ3) is 59.1. The molecule has 6 nitrogen and oxygen atoms in total. The van der Waals surface area contributed by atoms with Crippen molar-refractivity contribution in [2.75, 3.05) is 13.2 Å². The molecule has 0 spiro atoms. The maximum absolute atomic E-state index is 12.8. The van der Waals surface area contributed by atoms with Crippen LogP contribution >= 0.6 is 0 Å². The van der Waals surface area contributed by atoms with E-state index in [0.717, 1.165) is 122 Å². The summed E-state index contributed by atoms with van der Waals surface area (Å²) in [7, 11) is 0. The van der Waals surface area contributed by atoms with E-state index in [1.54, 1.807) is 0 Å². The molecule has 6 heteroatoms. The molecule has 0 fully saturated rings. The van der Waals surface area contributed by atoms with Crippen LogP contribution in [0.2, 0.25) is 0 Å². The van der Waals surface area contributed by atoms with Crippen LogP contribution in [0.15, 0.2) is 97.2 Å². The van der Waals surface area contributed by atoms with Crippen molar-refractivity contribution in [2.24, 2.45) is 0 Å². The van der Waals surface area contributed by atoms with Crippen LogP contribution in [-0.4, -0.2) is 37.2 Å². The number of hydrogen-bond acceptors (Lipinski definition) is 6. The lowest BCUT2D eigenvalue weighted by Crippen LogP contribution is -2.30. The van der Waals surface area contributed by atoms with E-state index in [2.05, 4.69) is 118 Å². The molecule has 0 heterocycles. The Bertz CT molecular complexity index is 1440. The molecule has 0 bridgehead atoms. The highest BCUT2D eigenvalue weighted by atomic mass is 16.6. The molecule has 0 amide bonds. The molecule has 0 aliphatic carbocycles. The highest BCUT2D eigenvalue weighted by Crippen LogP contribution is 2.16. The molecule has 73 heavy (non-hydrogen) atoms. The van der Waals surface area contributed by atoms with Gasteiger partial charge in [0.25, 0.3) is 0 Å². The first-order valence-electron chi connectivity index (χ1n) is 30.7. The van der Waals surface area contributed by atoms with Crippen LogP contribution in [0.3, 0.4) is 0 Å². The number of esters is 3. The quantitative estimate of drug-likeness (QED) is 0.0261. The second-order valence-corrected chi connectivity index (χ2v) is 20.2. The van der Waals surface area contributed by atoms with Crippen LogP contribution in [-0.2, 0) is 28.6 Å². The molecule has 0 aliphatic rings. The van der Waals surface area contributed by atoms with E-state index in [4.69, 9.17) is 14.2 Å². The Balaban J connectivity index is 4.22. The van der Waals surface area contributed by atoms with Gasteiger partial charge in [-0.05, 0) is 83.5 Å². The fourth-order valence-electron chi connectivity index (χ4n) is 8.52. The van der Waals surface area contributed by atoms with E-state index in [1.807, 2.05) is 0 Å². The van der Waals surface area contributed by atoms with E-state index in [0.29, 0.717) is 19.3 Å². The Hall–Kier alpha value is -3.67. The summed E-state index contributed by atoms with van der Waals surface area (Å²) in [5.74, 6) is -0.888. The van der Waals surface area contributed by atoms with Crippen molar-refractivity contribution in [1.82, 2.24) is 0 Å². The van der Waals surface area contributed by atoms with Crippen molar-refractivity contribution in [1.29, 1.82) is 0 Å². The van der Waals surface area contributed by atoms with E-state index in [1.165, 1.54) is 128 Å². The van der Waals surface area contributed by atoms with Gasteiger partial charge in [0.15, 0.2) is 6.10 Å². The predicted molar refractivity (Wildman–Crippen MR) is 316 cm³/mol. The van der Waals surface area contributed by atoms with Crippen LogP contribution in [0.25, 0.3) is 0 Å². The van der Waals surface area contributed by atoms with E-state index >= 15 is 0 Å². The predicted octanol–water partition coefficient (Wildman–Crippen LogP) is 20.9. The second kappa shape index (κ2) is 60.9. The molecule has 1 unspecified atom stereocenters. The Labute approximate surface area is 451 Å². The SMILES string of the molecule is CC/C=C\C/C=C\C/C=C\C/C=C\C/C=C\C/C=C\C/C=C\C/C=C\CCCCCCCCC(=O)OCC(COC(=O)CCCCCCCCCCC)OC(=O)CCCCCCCCCCCCCCCCC. The van der Waals surface area contributed by atoms with Gasteiger partial charge in [-0.1, -0.05) is 285 Å². The molecule has 0 saturated heterocycles. The van der Waals surface area contributed by atoms with Crippen LogP contribution in [0.1, 0.15) is 290 Å². The summed E-state index contributed by atoms with van der Waals surface area (Å²) in [6, 6.07) is 0. The smallest absolute Gasteiger partial charge is 0.306 e. The van der Waals surface area contributed by atoms with Gasteiger partial charge in [-0.2, -0.15) is 0 Å². The highest BCUT2D eigenvalue weighted by Gasteiger charge is 2.19. The molecular weight excluding hydrogens is 901 g/mol. The zero-order valence-corrected chi connectivity index (χ0v) is 47.9. The Morgan fingerprint density at radius 2 is 0.534 bits per heavy atom. The fraction of sp³-hybridized carbons (Fsp3) is 0.716. The zero-order valence-electron chi connectivity index (χ0n) is 47.9. The lowest BCUT2D eigenvalue weighted by Gasteiger charge is -2.18. The topological polar surface area (TPSA) is 78.9 Å². The van der Waals surface area contributed by atoms with Crippen LogP contribution in [0, 0.1) is 0 Å². The first-order valence-corrected chi connectivity index (χ1v) is 30.7. The van der Waals surface area contributed by atoms with E-state index < -0.39 is 6.10 Å². The van der Waals surface area contributed by atoms with Crippen LogP contribution in [0.5, 0.6) is 0 Å². The molecule has 0 saturated carbocycles. The Kier molecular flexibility index (Phi) is 57.8. The normalized spacial score (nSPS) is 12.8. The lowest BCUT2D eigenvalue weighted by atomic mass is 10.0. The number of carbonyl (C=O) groups is 3. The molecule has 0 aromatic carbocycles. The summed E-state index contributed by atoms with van der Waals surface area (Å²) in [4.78, 5) is 38.1. The van der Waals surface area contributed by atoms with Crippen molar-refractivity contribution >= 4 is 17.9 Å². The summed E-state index contributed by atoms with van der Waals surface area (Å²) >= 11 is 0. The van der Waals surface area contributed by atoms with Gasteiger partial charge in [-0.25, -0.2) is 0 Å². The maximum atomic E-state index is 12.8. The molecule has 0 N–H and O–H groups in total. The summed E-state index contributed by atoms with van der Waals surface area (Å²) in [6.45, 7) is 6.51. The number of carbonyl (C=O) groups excluding carboxylic acids is 3. The van der Waals surface area contributed by atoms with Crippen molar-refractivity contribution in [3.8, 4) is 0 Å². The number of unbranched alkanes of at least 4 members (excludes halogenated alkanes) is 28. The fourth-order valence-corrected chi connectivity index (χ4v) is 8.52. The molecule has 418 valence electrons. The average Bonchev–Trinajstić information content (AvgIpc) is 3.39. The minimum absolute atomic E-state index is 0.0783. The number of rotatable bonds is 55. The van der Waals surface area contributed by atoms with Crippen molar-refractivity contribution in [3.05, 3.63) is 97.2 Å². The minimum atomic E-state index is -0.779. The van der Waals surface area contributed by atoms with Gasteiger partial charge in [0, 0.05) is 19.3 Å². The van der Waals surface area contributed by atoms with Gasteiger partial charge < -0.3 is 14.2 Å². The van der Waals surface area contributed by atoms with Gasteiger partial charge in [-0.3, -0.25) is 14.4 Å². The van der Waals surface area contributed by atoms with E-state index in [-0.39, 0.29) is 31.1 Å². The van der Waals surface area contributed by atoms with Gasteiger partial charge in [0.05, 0.1) is 0 Å². The third-order valence-electron chi connectivity index (χ3n) is 13.1. The Morgan fingerprint density at radius 3 is 0.836 bits per heavy atom. The maximum Gasteiger partial charge on any atom is 0.306 e.